The van der Waals surface area contributed by atoms with Crippen LogP contribution in [0.5, 0.6) is 0 Å². The fourth-order valence-electron chi connectivity index (χ4n) is 1.34. The number of aromatic nitrogens is 3. The summed E-state index contributed by atoms with van der Waals surface area (Å²) in [7, 11) is 0. The van der Waals surface area contributed by atoms with E-state index in [2.05, 4.69) is 15.5 Å². The summed E-state index contributed by atoms with van der Waals surface area (Å²) in [5.74, 6) is -1.36. The van der Waals surface area contributed by atoms with E-state index in [1.54, 1.807) is 0 Å². The van der Waals surface area contributed by atoms with Crippen molar-refractivity contribution < 1.29 is 14.7 Å². The van der Waals surface area contributed by atoms with Crippen LogP contribution in [0.25, 0.3) is 0 Å². The molecule has 0 bridgehead atoms. The summed E-state index contributed by atoms with van der Waals surface area (Å²) >= 11 is 0.931. The lowest BCUT2D eigenvalue weighted by molar-refractivity contribution is -0.134. The quantitative estimate of drug-likeness (QED) is 0.591. The first-order valence-corrected chi connectivity index (χ1v) is 6.68. The molecule has 0 aliphatic carbocycles. The molecule has 0 atom stereocenters. The Morgan fingerprint density at radius 2 is 2.21 bits per heavy atom. The second-order valence-electron chi connectivity index (χ2n) is 4.12. The monoisotopic (exact) mass is 288 g/mol. The van der Waals surface area contributed by atoms with E-state index in [1.807, 2.05) is 13.8 Å². The SMILES string of the molecule is CC(C)NC(=O)CCn1c(SCC(=O)O)n[nH]c1=O. The highest BCUT2D eigenvalue weighted by atomic mass is 32.2. The molecule has 1 aromatic rings. The van der Waals surface area contributed by atoms with Crippen LogP contribution >= 0.6 is 11.8 Å². The van der Waals surface area contributed by atoms with E-state index in [1.165, 1.54) is 4.57 Å². The molecule has 1 aromatic heterocycles. The molecular formula is C10H16N4O4S. The van der Waals surface area contributed by atoms with Crippen molar-refractivity contribution in [1.29, 1.82) is 0 Å². The molecule has 19 heavy (non-hydrogen) atoms. The minimum atomic E-state index is -0.996. The Labute approximate surface area is 113 Å². The molecule has 0 spiro atoms. The first kappa shape index (κ1) is 15.3. The summed E-state index contributed by atoms with van der Waals surface area (Å²) in [6.45, 7) is 3.85. The van der Waals surface area contributed by atoms with E-state index in [9.17, 15) is 14.4 Å². The number of carbonyl (C=O) groups excluding carboxylic acids is 1. The number of nitrogens with zero attached hydrogens (tertiary/aromatic N) is 2. The van der Waals surface area contributed by atoms with Crippen LogP contribution in [0.3, 0.4) is 0 Å². The molecule has 0 unspecified atom stereocenters. The van der Waals surface area contributed by atoms with E-state index < -0.39 is 11.7 Å². The summed E-state index contributed by atoms with van der Waals surface area (Å²) in [6, 6.07) is 0.0365. The number of aromatic amines is 1. The molecule has 0 saturated carbocycles. The molecule has 8 nitrogen and oxygen atoms in total. The zero-order chi connectivity index (χ0) is 14.4. The topological polar surface area (TPSA) is 117 Å². The third-order valence-electron chi connectivity index (χ3n) is 2.06. The lowest BCUT2D eigenvalue weighted by Crippen LogP contribution is -2.31. The van der Waals surface area contributed by atoms with Crippen molar-refractivity contribution in [1.82, 2.24) is 20.1 Å². The van der Waals surface area contributed by atoms with Gasteiger partial charge in [0.25, 0.3) is 0 Å². The average Bonchev–Trinajstić information content (AvgIpc) is 2.64. The van der Waals surface area contributed by atoms with Crippen molar-refractivity contribution in [2.24, 2.45) is 0 Å². The Morgan fingerprint density at radius 3 is 2.79 bits per heavy atom. The molecule has 0 aliphatic rings. The number of carboxylic acid groups (broad SMARTS) is 1. The van der Waals surface area contributed by atoms with Gasteiger partial charge in [0, 0.05) is 19.0 Å². The minimum Gasteiger partial charge on any atom is -0.481 e. The Balaban J connectivity index is 2.62. The second kappa shape index (κ2) is 6.98. The van der Waals surface area contributed by atoms with Crippen LogP contribution in [0.1, 0.15) is 20.3 Å². The number of carboxylic acids is 1. The van der Waals surface area contributed by atoms with Crippen molar-refractivity contribution in [3.05, 3.63) is 10.5 Å². The standard InChI is InChI=1S/C10H16N4O4S/c1-6(2)11-7(15)3-4-14-9(18)12-13-10(14)19-5-8(16)17/h6H,3-5H2,1-2H3,(H,11,15)(H,12,18)(H,16,17). The Bertz CT molecular complexity index is 508. The maximum Gasteiger partial charge on any atom is 0.343 e. The highest BCUT2D eigenvalue weighted by Crippen LogP contribution is 2.12. The number of amides is 1. The van der Waals surface area contributed by atoms with Crippen LogP contribution in [0.15, 0.2) is 9.95 Å². The number of thioether (sulfide) groups is 1. The van der Waals surface area contributed by atoms with Crippen molar-refractivity contribution in [2.45, 2.75) is 38.0 Å². The Kier molecular flexibility index (Phi) is 5.61. The molecule has 106 valence electrons. The zero-order valence-electron chi connectivity index (χ0n) is 10.7. The van der Waals surface area contributed by atoms with Crippen LogP contribution in [0.4, 0.5) is 0 Å². The van der Waals surface area contributed by atoms with Crippen LogP contribution in [0, 0.1) is 0 Å². The van der Waals surface area contributed by atoms with Gasteiger partial charge in [-0.05, 0) is 13.8 Å². The van der Waals surface area contributed by atoms with Gasteiger partial charge in [-0.15, -0.1) is 5.10 Å². The van der Waals surface area contributed by atoms with E-state index >= 15 is 0 Å². The normalized spacial score (nSPS) is 10.7. The van der Waals surface area contributed by atoms with Gasteiger partial charge in [-0.3, -0.25) is 14.2 Å². The third kappa shape index (κ3) is 5.16. The van der Waals surface area contributed by atoms with Gasteiger partial charge in [0.15, 0.2) is 5.16 Å². The fourth-order valence-corrected chi connectivity index (χ4v) is 2.04. The van der Waals surface area contributed by atoms with Gasteiger partial charge >= 0.3 is 11.7 Å². The van der Waals surface area contributed by atoms with Crippen LogP contribution in [-0.4, -0.2) is 43.5 Å². The van der Waals surface area contributed by atoms with Gasteiger partial charge in [0.2, 0.25) is 5.91 Å². The van der Waals surface area contributed by atoms with E-state index in [4.69, 9.17) is 5.11 Å². The molecule has 3 N–H and O–H groups in total. The van der Waals surface area contributed by atoms with E-state index in [0.717, 1.165) is 11.8 Å². The molecule has 0 saturated heterocycles. The molecule has 0 aromatic carbocycles. The van der Waals surface area contributed by atoms with Gasteiger partial charge in [0.05, 0.1) is 5.75 Å². The van der Waals surface area contributed by atoms with Gasteiger partial charge in [-0.2, -0.15) is 0 Å². The minimum absolute atomic E-state index is 0.0365. The van der Waals surface area contributed by atoms with E-state index in [0.29, 0.717) is 0 Å². The summed E-state index contributed by atoms with van der Waals surface area (Å²) in [6.07, 6.45) is 0.137. The van der Waals surface area contributed by atoms with Crippen molar-refractivity contribution >= 4 is 23.6 Å². The smallest absolute Gasteiger partial charge is 0.343 e. The van der Waals surface area contributed by atoms with Crippen LogP contribution in [-0.2, 0) is 16.1 Å². The zero-order valence-corrected chi connectivity index (χ0v) is 11.5. The first-order chi connectivity index (χ1) is 8.90. The highest BCUT2D eigenvalue weighted by Gasteiger charge is 2.12. The number of rotatable bonds is 7. The fraction of sp³-hybridized carbons (Fsp3) is 0.600. The van der Waals surface area contributed by atoms with Crippen molar-refractivity contribution in [2.75, 3.05) is 5.75 Å². The Morgan fingerprint density at radius 1 is 1.53 bits per heavy atom. The maximum absolute atomic E-state index is 11.5. The Hall–Kier alpha value is -1.77. The number of nitrogens with one attached hydrogen (secondary N) is 2. The molecule has 1 rings (SSSR count). The molecule has 0 radical (unpaired) electrons. The van der Waals surface area contributed by atoms with Crippen molar-refractivity contribution in [3.63, 3.8) is 0 Å². The predicted octanol–water partition coefficient (Wildman–Crippen LogP) is -0.337. The van der Waals surface area contributed by atoms with Crippen LogP contribution in [0.2, 0.25) is 0 Å². The first-order valence-electron chi connectivity index (χ1n) is 5.69. The van der Waals surface area contributed by atoms with Crippen LogP contribution < -0.4 is 11.0 Å². The summed E-state index contributed by atoms with van der Waals surface area (Å²) in [4.78, 5) is 33.4. The molecular weight excluding hydrogens is 272 g/mol. The van der Waals surface area contributed by atoms with Crippen molar-refractivity contribution in [3.8, 4) is 0 Å². The number of H-pyrrole nitrogens is 1. The summed E-state index contributed by atoms with van der Waals surface area (Å²) in [5.41, 5.74) is -0.453. The maximum atomic E-state index is 11.5. The second-order valence-corrected chi connectivity index (χ2v) is 5.06. The van der Waals surface area contributed by atoms with Gasteiger partial charge < -0.3 is 10.4 Å². The molecule has 0 aliphatic heterocycles. The lowest BCUT2D eigenvalue weighted by Gasteiger charge is -2.08. The number of carbonyl (C=O) groups is 2. The predicted molar refractivity (Wildman–Crippen MR) is 69.1 cm³/mol. The average molecular weight is 288 g/mol. The number of hydrogen-bond acceptors (Lipinski definition) is 5. The molecule has 9 heteroatoms. The van der Waals surface area contributed by atoms with Gasteiger partial charge in [-0.1, -0.05) is 11.8 Å². The van der Waals surface area contributed by atoms with Gasteiger partial charge in [0.1, 0.15) is 0 Å². The lowest BCUT2D eigenvalue weighted by atomic mass is 10.3. The molecule has 0 fully saturated rings. The number of aliphatic carboxylic acids is 1. The number of hydrogen-bond donors (Lipinski definition) is 3. The highest BCUT2D eigenvalue weighted by molar-refractivity contribution is 7.99. The van der Waals surface area contributed by atoms with Gasteiger partial charge in [-0.25, -0.2) is 9.89 Å². The molecule has 1 amide bonds. The summed E-state index contributed by atoms with van der Waals surface area (Å²) in [5, 5.41) is 17.5. The largest absolute Gasteiger partial charge is 0.481 e. The molecule has 1 heterocycles. The summed E-state index contributed by atoms with van der Waals surface area (Å²) < 4.78 is 1.26. The van der Waals surface area contributed by atoms with E-state index in [-0.39, 0.29) is 35.8 Å². The third-order valence-corrected chi connectivity index (χ3v) is 3.02.